The molecule has 2 nitrogen and oxygen atoms in total. The van der Waals surface area contributed by atoms with E-state index in [9.17, 15) is 4.79 Å². The number of aromatic nitrogens is 1. The molecule has 0 saturated carbocycles. The molecule has 2 heteroatoms. The van der Waals surface area contributed by atoms with Gasteiger partial charge in [-0.05, 0) is 51.0 Å². The highest BCUT2D eigenvalue weighted by atomic mass is 16.1. The summed E-state index contributed by atoms with van der Waals surface area (Å²) in [6.45, 7) is 7.83. The van der Waals surface area contributed by atoms with Crippen LogP contribution in [0, 0.1) is 27.7 Å². The number of aryl methyl sites for hydroxylation is 3. The zero-order chi connectivity index (χ0) is 13.3. The number of hydrogen-bond acceptors (Lipinski definition) is 2. The molecule has 1 aromatic carbocycles. The highest BCUT2D eigenvalue weighted by Crippen LogP contribution is 2.18. The Morgan fingerprint density at radius 1 is 1.00 bits per heavy atom. The average Bonchev–Trinajstić information content (AvgIpc) is 2.30. The Hall–Kier alpha value is -1.96. The van der Waals surface area contributed by atoms with E-state index in [-0.39, 0.29) is 5.78 Å². The van der Waals surface area contributed by atoms with E-state index < -0.39 is 0 Å². The van der Waals surface area contributed by atoms with Gasteiger partial charge in [-0.2, -0.15) is 0 Å². The molecular formula is C16H17NO. The van der Waals surface area contributed by atoms with Crippen LogP contribution in [0.5, 0.6) is 0 Å². The van der Waals surface area contributed by atoms with Crippen molar-refractivity contribution in [2.75, 3.05) is 0 Å². The third kappa shape index (κ3) is 2.33. The first kappa shape index (κ1) is 12.5. The van der Waals surface area contributed by atoms with Crippen molar-refractivity contribution >= 4 is 5.78 Å². The third-order valence-corrected chi connectivity index (χ3v) is 3.19. The number of benzene rings is 1. The van der Waals surface area contributed by atoms with Crippen molar-refractivity contribution in [3.63, 3.8) is 0 Å². The van der Waals surface area contributed by atoms with Gasteiger partial charge in [0.15, 0.2) is 5.78 Å². The zero-order valence-corrected chi connectivity index (χ0v) is 11.2. The Morgan fingerprint density at radius 2 is 1.61 bits per heavy atom. The second-order valence-corrected chi connectivity index (χ2v) is 4.72. The van der Waals surface area contributed by atoms with Gasteiger partial charge in [0, 0.05) is 22.5 Å². The van der Waals surface area contributed by atoms with E-state index in [0.29, 0.717) is 5.56 Å². The fraction of sp³-hybridized carbons (Fsp3) is 0.250. The van der Waals surface area contributed by atoms with Crippen LogP contribution in [0.1, 0.15) is 38.4 Å². The maximum atomic E-state index is 12.5. The number of nitrogens with zero attached hydrogens (tertiary/aromatic N) is 1. The topological polar surface area (TPSA) is 30.0 Å². The smallest absolute Gasteiger partial charge is 0.193 e. The molecule has 0 atom stereocenters. The van der Waals surface area contributed by atoms with Gasteiger partial charge in [-0.25, -0.2) is 0 Å². The van der Waals surface area contributed by atoms with Gasteiger partial charge in [-0.15, -0.1) is 0 Å². The highest BCUT2D eigenvalue weighted by Gasteiger charge is 2.13. The van der Waals surface area contributed by atoms with Gasteiger partial charge in [-0.1, -0.05) is 18.2 Å². The Kier molecular flexibility index (Phi) is 3.28. The molecule has 2 rings (SSSR count). The lowest BCUT2D eigenvalue weighted by Gasteiger charge is -2.08. The molecular weight excluding hydrogens is 222 g/mol. The number of pyridine rings is 1. The van der Waals surface area contributed by atoms with Crippen LogP contribution in [0.25, 0.3) is 0 Å². The maximum absolute atomic E-state index is 12.5. The fourth-order valence-electron chi connectivity index (χ4n) is 2.12. The Balaban J connectivity index is 2.51. The summed E-state index contributed by atoms with van der Waals surface area (Å²) in [6.07, 6.45) is 0. The molecule has 0 N–H and O–H groups in total. The molecule has 0 bridgehead atoms. The van der Waals surface area contributed by atoms with E-state index >= 15 is 0 Å². The second-order valence-electron chi connectivity index (χ2n) is 4.72. The van der Waals surface area contributed by atoms with Crippen molar-refractivity contribution in [1.29, 1.82) is 0 Å². The summed E-state index contributed by atoms with van der Waals surface area (Å²) in [5.74, 6) is 0.0739. The predicted molar refractivity (Wildman–Crippen MR) is 73.1 cm³/mol. The molecule has 0 saturated heterocycles. The first-order valence-electron chi connectivity index (χ1n) is 6.05. The third-order valence-electron chi connectivity index (χ3n) is 3.19. The normalized spacial score (nSPS) is 10.4. The molecule has 0 aliphatic heterocycles. The molecule has 92 valence electrons. The van der Waals surface area contributed by atoms with E-state index in [4.69, 9.17) is 0 Å². The lowest BCUT2D eigenvalue weighted by Crippen LogP contribution is -2.06. The Morgan fingerprint density at radius 3 is 2.22 bits per heavy atom. The largest absolute Gasteiger partial charge is 0.289 e. The molecule has 0 unspecified atom stereocenters. The van der Waals surface area contributed by atoms with E-state index in [1.54, 1.807) is 0 Å². The minimum atomic E-state index is 0.0739. The molecule has 0 fully saturated rings. The quantitative estimate of drug-likeness (QED) is 0.750. The average molecular weight is 239 g/mol. The lowest BCUT2D eigenvalue weighted by atomic mass is 9.96. The van der Waals surface area contributed by atoms with E-state index in [2.05, 4.69) is 4.98 Å². The van der Waals surface area contributed by atoms with E-state index in [1.165, 1.54) is 0 Å². The van der Waals surface area contributed by atoms with Gasteiger partial charge in [0.2, 0.25) is 0 Å². The zero-order valence-electron chi connectivity index (χ0n) is 11.2. The number of carbonyl (C=O) groups is 1. The summed E-state index contributed by atoms with van der Waals surface area (Å²) in [7, 11) is 0. The first-order valence-corrected chi connectivity index (χ1v) is 6.05. The summed E-state index contributed by atoms with van der Waals surface area (Å²) in [5, 5.41) is 0. The van der Waals surface area contributed by atoms with Crippen LogP contribution < -0.4 is 0 Å². The summed E-state index contributed by atoms with van der Waals surface area (Å²) < 4.78 is 0. The molecule has 1 heterocycles. The predicted octanol–water partition coefficient (Wildman–Crippen LogP) is 3.55. The summed E-state index contributed by atoms with van der Waals surface area (Å²) >= 11 is 0. The van der Waals surface area contributed by atoms with Crippen LogP contribution in [-0.2, 0) is 0 Å². The minimum Gasteiger partial charge on any atom is -0.289 e. The SMILES string of the molecule is Cc1cc(C(=O)c2cccc(C)c2C)cc(C)n1. The van der Waals surface area contributed by atoms with Crippen molar-refractivity contribution in [2.24, 2.45) is 0 Å². The maximum Gasteiger partial charge on any atom is 0.193 e. The molecule has 1 aromatic heterocycles. The van der Waals surface area contributed by atoms with Gasteiger partial charge >= 0.3 is 0 Å². The summed E-state index contributed by atoms with van der Waals surface area (Å²) in [5.41, 5.74) is 5.44. The van der Waals surface area contributed by atoms with Crippen LogP contribution >= 0.6 is 0 Å². The minimum absolute atomic E-state index is 0.0739. The van der Waals surface area contributed by atoms with Gasteiger partial charge in [0.05, 0.1) is 0 Å². The molecule has 0 aliphatic carbocycles. The monoisotopic (exact) mass is 239 g/mol. The van der Waals surface area contributed by atoms with Crippen LogP contribution in [0.4, 0.5) is 0 Å². The standard InChI is InChI=1S/C16H17NO/c1-10-6-5-7-15(13(10)4)16(18)14-8-11(2)17-12(3)9-14/h5-9H,1-4H3. The van der Waals surface area contributed by atoms with Crippen molar-refractivity contribution in [1.82, 2.24) is 4.98 Å². The van der Waals surface area contributed by atoms with Gasteiger partial charge in [0.25, 0.3) is 0 Å². The lowest BCUT2D eigenvalue weighted by molar-refractivity contribution is 0.103. The molecule has 0 amide bonds. The van der Waals surface area contributed by atoms with E-state index in [1.807, 2.05) is 58.0 Å². The van der Waals surface area contributed by atoms with Crippen LogP contribution in [-0.4, -0.2) is 10.8 Å². The second kappa shape index (κ2) is 4.73. The summed E-state index contributed by atoms with van der Waals surface area (Å²) in [6, 6.07) is 9.52. The number of ketones is 1. The molecule has 0 aliphatic rings. The van der Waals surface area contributed by atoms with Crippen molar-refractivity contribution < 1.29 is 4.79 Å². The molecule has 0 radical (unpaired) electrons. The van der Waals surface area contributed by atoms with Crippen molar-refractivity contribution in [2.45, 2.75) is 27.7 Å². The number of hydrogen-bond donors (Lipinski definition) is 0. The van der Waals surface area contributed by atoms with E-state index in [0.717, 1.165) is 28.1 Å². The Bertz CT molecular complexity index is 594. The van der Waals surface area contributed by atoms with Gasteiger partial charge in [-0.3, -0.25) is 9.78 Å². The molecule has 0 spiro atoms. The van der Waals surface area contributed by atoms with Crippen molar-refractivity contribution in [3.8, 4) is 0 Å². The molecule has 2 aromatic rings. The first-order chi connectivity index (χ1) is 8.49. The Labute approximate surface area is 108 Å². The van der Waals surface area contributed by atoms with Gasteiger partial charge < -0.3 is 0 Å². The van der Waals surface area contributed by atoms with Crippen molar-refractivity contribution in [3.05, 3.63) is 64.0 Å². The highest BCUT2D eigenvalue weighted by molar-refractivity contribution is 6.10. The fourth-order valence-corrected chi connectivity index (χ4v) is 2.12. The summed E-state index contributed by atoms with van der Waals surface area (Å²) in [4.78, 5) is 16.8. The van der Waals surface area contributed by atoms with Crippen LogP contribution in [0.3, 0.4) is 0 Å². The van der Waals surface area contributed by atoms with Gasteiger partial charge in [0.1, 0.15) is 0 Å². The molecule has 18 heavy (non-hydrogen) atoms. The number of carbonyl (C=O) groups excluding carboxylic acids is 1. The van der Waals surface area contributed by atoms with Crippen LogP contribution in [0.2, 0.25) is 0 Å². The number of rotatable bonds is 2. The van der Waals surface area contributed by atoms with Crippen LogP contribution in [0.15, 0.2) is 30.3 Å².